The molecule has 2 rings (SSSR count). The van der Waals surface area contributed by atoms with Crippen LogP contribution in [0.4, 0.5) is 10.1 Å². The molecule has 0 saturated carbocycles. The van der Waals surface area contributed by atoms with Crippen molar-refractivity contribution in [1.29, 1.82) is 0 Å². The highest BCUT2D eigenvalue weighted by atomic mass is 32.2. The lowest BCUT2D eigenvalue weighted by atomic mass is 10.1. The van der Waals surface area contributed by atoms with Crippen molar-refractivity contribution in [1.82, 2.24) is 10.2 Å². The van der Waals surface area contributed by atoms with Crippen molar-refractivity contribution < 1.29 is 22.4 Å². The van der Waals surface area contributed by atoms with Gasteiger partial charge in [0.2, 0.25) is 21.8 Å². The molecule has 0 bridgehead atoms. The van der Waals surface area contributed by atoms with E-state index in [0.717, 1.165) is 21.7 Å². The van der Waals surface area contributed by atoms with Crippen LogP contribution in [0, 0.1) is 19.7 Å². The largest absolute Gasteiger partial charge is 0.357 e. The van der Waals surface area contributed by atoms with Crippen LogP contribution >= 0.6 is 0 Å². The number of likely N-dealkylation sites (N-methyl/N-ethyl adjacent to an activating group) is 1. The van der Waals surface area contributed by atoms with Crippen molar-refractivity contribution in [3.05, 3.63) is 65.0 Å². The molecule has 0 unspecified atom stereocenters. The van der Waals surface area contributed by atoms with Gasteiger partial charge in [-0.05, 0) is 50.1 Å². The lowest BCUT2D eigenvalue weighted by molar-refractivity contribution is -0.139. The quantitative estimate of drug-likeness (QED) is 0.670. The first-order valence-corrected chi connectivity index (χ1v) is 11.6. The number of carbonyl (C=O) groups is 2. The van der Waals surface area contributed by atoms with Gasteiger partial charge in [-0.2, -0.15) is 0 Å². The van der Waals surface area contributed by atoms with Crippen LogP contribution in [0.3, 0.4) is 0 Å². The molecule has 9 heteroatoms. The lowest BCUT2D eigenvalue weighted by Gasteiger charge is -2.31. The topological polar surface area (TPSA) is 86.8 Å². The van der Waals surface area contributed by atoms with E-state index in [1.54, 1.807) is 24.3 Å². The van der Waals surface area contributed by atoms with Crippen molar-refractivity contribution >= 4 is 27.5 Å². The summed E-state index contributed by atoms with van der Waals surface area (Å²) in [6.07, 6.45) is 1.01. The Morgan fingerprint density at radius 2 is 1.74 bits per heavy atom. The molecule has 0 heterocycles. The summed E-state index contributed by atoms with van der Waals surface area (Å²) < 4.78 is 40.2. The molecule has 0 aromatic heterocycles. The maximum Gasteiger partial charge on any atom is 0.244 e. The van der Waals surface area contributed by atoms with E-state index in [-0.39, 0.29) is 12.1 Å². The summed E-state index contributed by atoms with van der Waals surface area (Å²) in [5.74, 6) is -1.58. The van der Waals surface area contributed by atoms with Gasteiger partial charge in [0, 0.05) is 19.2 Å². The van der Waals surface area contributed by atoms with E-state index in [1.807, 2.05) is 13.8 Å². The van der Waals surface area contributed by atoms with Crippen molar-refractivity contribution in [3.63, 3.8) is 0 Å². The highest BCUT2D eigenvalue weighted by Crippen LogP contribution is 2.22. The number of nitrogens with zero attached hydrogens (tertiary/aromatic N) is 2. The maximum atomic E-state index is 14.2. The van der Waals surface area contributed by atoms with E-state index in [2.05, 4.69) is 5.32 Å². The second-order valence-corrected chi connectivity index (χ2v) is 9.35. The van der Waals surface area contributed by atoms with Gasteiger partial charge in [-0.25, -0.2) is 12.8 Å². The molecule has 1 atom stereocenters. The Morgan fingerprint density at radius 1 is 1.10 bits per heavy atom. The van der Waals surface area contributed by atoms with E-state index in [1.165, 1.54) is 37.1 Å². The van der Waals surface area contributed by atoms with E-state index in [4.69, 9.17) is 0 Å². The fourth-order valence-corrected chi connectivity index (χ4v) is 3.94. The van der Waals surface area contributed by atoms with Crippen molar-refractivity contribution in [2.75, 3.05) is 24.2 Å². The molecular formula is C22H28FN3O4S. The minimum Gasteiger partial charge on any atom is -0.357 e. The molecule has 0 aliphatic heterocycles. The lowest BCUT2D eigenvalue weighted by Crippen LogP contribution is -2.50. The Labute approximate surface area is 182 Å². The first-order valence-electron chi connectivity index (χ1n) is 9.75. The summed E-state index contributed by atoms with van der Waals surface area (Å²) in [6.45, 7) is 4.57. The molecular weight excluding hydrogens is 421 g/mol. The smallest absolute Gasteiger partial charge is 0.244 e. The molecule has 2 amide bonds. The van der Waals surface area contributed by atoms with Crippen LogP contribution in [0.1, 0.15) is 23.6 Å². The molecule has 0 aliphatic rings. The zero-order valence-electron chi connectivity index (χ0n) is 18.3. The van der Waals surface area contributed by atoms with Gasteiger partial charge >= 0.3 is 0 Å². The number of sulfonamides is 1. The summed E-state index contributed by atoms with van der Waals surface area (Å²) >= 11 is 0. The van der Waals surface area contributed by atoms with Crippen LogP contribution in [0.2, 0.25) is 0 Å². The van der Waals surface area contributed by atoms with Crippen LogP contribution in [0.5, 0.6) is 0 Å². The normalized spacial score (nSPS) is 12.2. The predicted octanol–water partition coefficient (Wildman–Crippen LogP) is 2.37. The summed E-state index contributed by atoms with van der Waals surface area (Å²) in [6, 6.07) is 10.1. The SMILES string of the molecule is CNC(=O)[C@@H](C)N(Cc1ccccc1F)C(=O)CN(c1ccc(C)c(C)c1)S(C)(=O)=O. The number of anilines is 1. The van der Waals surface area contributed by atoms with Gasteiger partial charge < -0.3 is 10.2 Å². The average Bonchev–Trinajstić information content (AvgIpc) is 2.71. The molecule has 2 aromatic carbocycles. The van der Waals surface area contributed by atoms with Gasteiger partial charge in [-0.15, -0.1) is 0 Å². The van der Waals surface area contributed by atoms with Crippen LogP contribution in [-0.2, 0) is 26.2 Å². The fraction of sp³-hybridized carbons (Fsp3) is 0.364. The van der Waals surface area contributed by atoms with Gasteiger partial charge in [0.15, 0.2) is 0 Å². The van der Waals surface area contributed by atoms with Crippen molar-refractivity contribution in [3.8, 4) is 0 Å². The number of aryl methyl sites for hydroxylation is 2. The number of benzene rings is 2. The van der Waals surface area contributed by atoms with Gasteiger partial charge in [0.25, 0.3) is 0 Å². The Morgan fingerprint density at radius 3 is 2.29 bits per heavy atom. The summed E-state index contributed by atoms with van der Waals surface area (Å²) in [5.41, 5.74) is 2.43. The van der Waals surface area contributed by atoms with Crippen LogP contribution in [0.25, 0.3) is 0 Å². The van der Waals surface area contributed by atoms with Crippen molar-refractivity contribution in [2.24, 2.45) is 0 Å². The molecule has 0 spiro atoms. The molecule has 7 nitrogen and oxygen atoms in total. The molecule has 1 N–H and O–H groups in total. The zero-order valence-corrected chi connectivity index (χ0v) is 19.2. The summed E-state index contributed by atoms with van der Waals surface area (Å²) in [4.78, 5) is 26.6. The third-order valence-corrected chi connectivity index (χ3v) is 6.31. The molecule has 168 valence electrons. The van der Waals surface area contributed by atoms with Crippen molar-refractivity contribution in [2.45, 2.75) is 33.4 Å². The highest BCUT2D eigenvalue weighted by molar-refractivity contribution is 7.92. The number of hydrogen-bond acceptors (Lipinski definition) is 4. The van der Waals surface area contributed by atoms with Gasteiger partial charge in [-0.1, -0.05) is 24.3 Å². The zero-order chi connectivity index (χ0) is 23.3. The van der Waals surface area contributed by atoms with E-state index in [9.17, 15) is 22.4 Å². The standard InChI is InChI=1S/C22H28FN3O4S/c1-15-10-11-19(12-16(15)2)26(31(5,29)30)14-21(27)25(17(3)22(28)24-4)13-18-8-6-7-9-20(18)23/h6-12,17H,13-14H2,1-5H3,(H,24,28)/t17-/m1/s1. The maximum absolute atomic E-state index is 14.2. The third kappa shape index (κ3) is 6.04. The average molecular weight is 450 g/mol. The Hall–Kier alpha value is -2.94. The molecule has 2 aromatic rings. The Kier molecular flexibility index (Phi) is 7.78. The number of rotatable bonds is 8. The third-order valence-electron chi connectivity index (χ3n) is 5.17. The summed E-state index contributed by atoms with van der Waals surface area (Å²) in [7, 11) is -2.36. The van der Waals surface area contributed by atoms with E-state index >= 15 is 0 Å². The monoisotopic (exact) mass is 449 g/mol. The first-order chi connectivity index (χ1) is 14.5. The highest BCUT2D eigenvalue weighted by Gasteiger charge is 2.30. The molecule has 0 aliphatic carbocycles. The van der Waals surface area contributed by atoms with Crippen LogP contribution in [0.15, 0.2) is 42.5 Å². The number of halogens is 1. The molecule has 0 saturated heterocycles. The second-order valence-electron chi connectivity index (χ2n) is 7.44. The minimum atomic E-state index is -3.80. The second kappa shape index (κ2) is 9.91. The summed E-state index contributed by atoms with van der Waals surface area (Å²) in [5, 5.41) is 2.47. The van der Waals surface area contributed by atoms with Gasteiger partial charge in [0.05, 0.1) is 11.9 Å². The molecule has 0 radical (unpaired) electrons. The van der Waals surface area contributed by atoms with Crippen LogP contribution in [-0.4, -0.2) is 51.0 Å². The molecule has 31 heavy (non-hydrogen) atoms. The first kappa shape index (κ1) is 24.3. The number of carbonyl (C=O) groups excluding carboxylic acids is 2. The minimum absolute atomic E-state index is 0.176. The molecule has 0 fully saturated rings. The fourth-order valence-electron chi connectivity index (χ4n) is 3.10. The van der Waals surface area contributed by atoms with E-state index < -0.39 is 40.2 Å². The Balaban J connectivity index is 2.42. The number of amides is 2. The van der Waals surface area contributed by atoms with Crippen LogP contribution < -0.4 is 9.62 Å². The Bertz CT molecular complexity index is 1070. The van der Waals surface area contributed by atoms with Gasteiger partial charge in [-0.3, -0.25) is 13.9 Å². The predicted molar refractivity (Wildman–Crippen MR) is 119 cm³/mol. The number of nitrogens with one attached hydrogen (secondary N) is 1. The van der Waals surface area contributed by atoms with Gasteiger partial charge in [0.1, 0.15) is 18.4 Å². The van der Waals surface area contributed by atoms with E-state index in [0.29, 0.717) is 5.69 Å². The number of hydrogen-bond donors (Lipinski definition) is 1.